The third kappa shape index (κ3) is 14.4. The van der Waals surface area contributed by atoms with Gasteiger partial charge in [0, 0.05) is 13.2 Å². The fourth-order valence-electron chi connectivity index (χ4n) is 3.64. The Bertz CT molecular complexity index is 601. The van der Waals surface area contributed by atoms with Crippen molar-refractivity contribution < 1.29 is 35.7 Å². The first-order valence-corrected chi connectivity index (χ1v) is 12.0. The van der Waals surface area contributed by atoms with Gasteiger partial charge < -0.3 is 6.16 Å². The van der Waals surface area contributed by atoms with Crippen molar-refractivity contribution in [2.45, 2.75) is 91.4 Å². The summed E-state index contributed by atoms with van der Waals surface area (Å²) in [6.45, 7) is 7.95. The van der Waals surface area contributed by atoms with Gasteiger partial charge in [0.05, 0.1) is 0 Å². The zero-order valence-electron chi connectivity index (χ0n) is 21.3. The zero-order chi connectivity index (χ0) is 21.0. The normalized spacial score (nSPS) is 10.1. The quantitative estimate of drug-likeness (QED) is 0.270. The molecule has 0 bridgehead atoms. The van der Waals surface area contributed by atoms with Crippen LogP contribution < -0.4 is 29.6 Å². The summed E-state index contributed by atoms with van der Waals surface area (Å²) in [6.07, 6.45) is 15.3. The molecule has 164 valence electrons. The minimum atomic E-state index is 0. The summed E-state index contributed by atoms with van der Waals surface area (Å²) in [5.74, 6) is 0. The van der Waals surface area contributed by atoms with Gasteiger partial charge in [-0.05, 0) is 43.4 Å². The van der Waals surface area contributed by atoms with Crippen molar-refractivity contribution in [3.8, 4) is 11.1 Å². The van der Waals surface area contributed by atoms with E-state index in [9.17, 15) is 0 Å². The molecule has 0 atom stereocenters. The predicted molar refractivity (Wildman–Crippen MR) is 131 cm³/mol. The number of aryl methyl sites for hydroxylation is 1. The monoisotopic (exact) mass is 420 g/mol. The van der Waals surface area contributed by atoms with E-state index >= 15 is 0 Å². The first-order valence-electron chi connectivity index (χ1n) is 12.0. The summed E-state index contributed by atoms with van der Waals surface area (Å²) in [5.41, 5.74) is 4.26. The van der Waals surface area contributed by atoms with Crippen LogP contribution in [0.15, 0.2) is 54.6 Å². The van der Waals surface area contributed by atoms with Crippen LogP contribution in [-0.4, -0.2) is 13.2 Å². The largest absolute Gasteiger partial charge is 1.00 e. The van der Waals surface area contributed by atoms with Crippen LogP contribution in [0.3, 0.4) is 0 Å². The zero-order valence-corrected chi connectivity index (χ0v) is 22.3. The van der Waals surface area contributed by atoms with E-state index in [4.69, 9.17) is 4.74 Å². The molecule has 0 aromatic heterocycles. The van der Waals surface area contributed by atoms with E-state index in [0.29, 0.717) is 0 Å². The van der Waals surface area contributed by atoms with Gasteiger partial charge in [0.2, 0.25) is 0 Å². The topological polar surface area (TPSA) is 9.23 Å². The van der Waals surface area contributed by atoms with Gasteiger partial charge in [-0.25, -0.2) is 0 Å². The van der Waals surface area contributed by atoms with Crippen molar-refractivity contribution >= 4 is 0 Å². The van der Waals surface area contributed by atoms with Gasteiger partial charge in [-0.2, -0.15) is 0 Å². The molecule has 0 aliphatic heterocycles. The molecule has 0 radical (unpaired) electrons. The second-order valence-corrected chi connectivity index (χ2v) is 7.74. The fourth-order valence-corrected chi connectivity index (χ4v) is 3.64. The van der Waals surface area contributed by atoms with Crippen LogP contribution in [0.25, 0.3) is 11.1 Å². The number of rotatable bonds is 14. The Morgan fingerprint density at radius 1 is 0.600 bits per heavy atom. The smallest absolute Gasteiger partial charge is 1.00 e. The molecule has 2 rings (SSSR count). The maximum Gasteiger partial charge on any atom is 1.00 e. The average Bonchev–Trinajstić information content (AvgIpc) is 2.77. The molecule has 0 saturated heterocycles. The molecule has 0 saturated carbocycles. The van der Waals surface area contributed by atoms with Crippen molar-refractivity contribution in [3.05, 3.63) is 60.2 Å². The minimum absolute atomic E-state index is 0. The molecule has 30 heavy (non-hydrogen) atoms. The van der Waals surface area contributed by atoms with Crippen LogP contribution in [-0.2, 0) is 11.2 Å². The van der Waals surface area contributed by atoms with E-state index in [2.05, 4.69) is 61.5 Å². The van der Waals surface area contributed by atoms with Gasteiger partial charge in [0.25, 0.3) is 0 Å². The first-order chi connectivity index (χ1) is 14.3. The van der Waals surface area contributed by atoms with E-state index in [0.717, 1.165) is 13.2 Å². The van der Waals surface area contributed by atoms with Crippen LogP contribution in [0.4, 0.5) is 0 Å². The molecule has 0 amide bonds. The standard InChI is InChI=1S/C24H34.C4H10O.Na.H/c1-2-3-4-5-6-7-8-9-10-12-17-23-20-15-16-21-24(23)22-18-13-11-14-19-22;1-3-5-4-2;;/h11,13-16,18-21H,2-10,12,17H2,1H3;3-4H2,1-2H3;;/q;;+1;-1. The summed E-state index contributed by atoms with van der Waals surface area (Å²) in [7, 11) is 0. The molecule has 2 aromatic rings. The number of hydrogen-bond acceptors (Lipinski definition) is 1. The maximum atomic E-state index is 4.83. The minimum Gasteiger partial charge on any atom is -1.00 e. The molecule has 0 heterocycles. The molecular formula is C28H45NaO. The maximum absolute atomic E-state index is 4.83. The van der Waals surface area contributed by atoms with Gasteiger partial charge in [-0.3, -0.25) is 0 Å². The van der Waals surface area contributed by atoms with E-state index in [1.807, 2.05) is 13.8 Å². The number of ether oxygens (including phenoxy) is 1. The van der Waals surface area contributed by atoms with Crippen LogP contribution in [0, 0.1) is 0 Å². The number of unbranched alkanes of at least 4 members (excludes halogenated alkanes) is 9. The Labute approximate surface area is 210 Å². The summed E-state index contributed by atoms with van der Waals surface area (Å²) in [5, 5.41) is 0. The van der Waals surface area contributed by atoms with Crippen molar-refractivity contribution in [3.63, 3.8) is 0 Å². The summed E-state index contributed by atoms with van der Waals surface area (Å²) >= 11 is 0. The average molecular weight is 421 g/mol. The molecule has 0 spiro atoms. The van der Waals surface area contributed by atoms with Gasteiger partial charge in [-0.1, -0.05) is 119 Å². The molecular weight excluding hydrogens is 375 g/mol. The van der Waals surface area contributed by atoms with Crippen molar-refractivity contribution in [1.29, 1.82) is 0 Å². The van der Waals surface area contributed by atoms with Gasteiger partial charge in [0.1, 0.15) is 0 Å². The molecule has 0 N–H and O–H groups in total. The molecule has 0 aliphatic rings. The van der Waals surface area contributed by atoms with Crippen LogP contribution in [0.5, 0.6) is 0 Å². The summed E-state index contributed by atoms with van der Waals surface area (Å²) in [6, 6.07) is 19.7. The Balaban J connectivity index is 0. The van der Waals surface area contributed by atoms with E-state index in [-0.39, 0.29) is 31.0 Å². The predicted octanol–water partition coefficient (Wildman–Crippen LogP) is 5.98. The van der Waals surface area contributed by atoms with E-state index in [1.54, 1.807) is 0 Å². The van der Waals surface area contributed by atoms with Gasteiger partial charge >= 0.3 is 29.6 Å². The number of benzene rings is 2. The fraction of sp³-hybridized carbons (Fsp3) is 0.571. The summed E-state index contributed by atoms with van der Waals surface area (Å²) in [4.78, 5) is 0. The summed E-state index contributed by atoms with van der Waals surface area (Å²) < 4.78 is 4.83. The third-order valence-corrected chi connectivity index (χ3v) is 5.31. The molecule has 2 aromatic carbocycles. The Kier molecular flexibility index (Phi) is 21.2. The van der Waals surface area contributed by atoms with Crippen molar-refractivity contribution in [2.24, 2.45) is 0 Å². The number of hydrogen-bond donors (Lipinski definition) is 0. The Hall–Kier alpha value is -0.600. The van der Waals surface area contributed by atoms with E-state index in [1.165, 1.54) is 87.3 Å². The second-order valence-electron chi connectivity index (χ2n) is 7.74. The molecule has 0 unspecified atom stereocenters. The van der Waals surface area contributed by atoms with Gasteiger partial charge in [0.15, 0.2) is 0 Å². The van der Waals surface area contributed by atoms with Crippen LogP contribution >= 0.6 is 0 Å². The van der Waals surface area contributed by atoms with Crippen molar-refractivity contribution in [2.75, 3.05) is 13.2 Å². The van der Waals surface area contributed by atoms with E-state index < -0.39 is 0 Å². The third-order valence-electron chi connectivity index (χ3n) is 5.31. The SMILES string of the molecule is CCCCCCCCCCCCc1ccccc1-c1ccccc1.CCOCC.[H-].[Na+]. The Morgan fingerprint density at radius 3 is 1.63 bits per heavy atom. The van der Waals surface area contributed by atoms with Gasteiger partial charge in [-0.15, -0.1) is 0 Å². The first kappa shape index (κ1) is 29.4. The van der Waals surface area contributed by atoms with Crippen molar-refractivity contribution in [1.82, 2.24) is 0 Å². The van der Waals surface area contributed by atoms with Crippen LogP contribution in [0.2, 0.25) is 0 Å². The van der Waals surface area contributed by atoms with Crippen LogP contribution in [0.1, 0.15) is 92.0 Å². The molecule has 0 aliphatic carbocycles. The molecule has 0 fully saturated rings. The second kappa shape index (κ2) is 21.6. The Morgan fingerprint density at radius 2 is 1.10 bits per heavy atom. The molecule has 1 nitrogen and oxygen atoms in total. The molecule has 2 heteroatoms.